The van der Waals surface area contributed by atoms with Crippen LogP contribution in [-0.4, -0.2) is 36.3 Å². The van der Waals surface area contributed by atoms with Crippen LogP contribution >= 0.6 is 0 Å². The summed E-state index contributed by atoms with van der Waals surface area (Å²) in [6.07, 6.45) is -4.04. The molecule has 1 atom stereocenters. The molecule has 0 aromatic heterocycles. The molecule has 0 bridgehead atoms. The quantitative estimate of drug-likeness (QED) is 0.795. The van der Waals surface area contributed by atoms with Gasteiger partial charge in [-0.25, -0.2) is 4.39 Å². The topological polar surface area (TPSA) is 29.5 Å². The van der Waals surface area contributed by atoms with Crippen molar-refractivity contribution in [2.24, 2.45) is 11.8 Å². The Morgan fingerprint density at radius 2 is 1.52 bits per heavy atom. The molecule has 2 aliphatic carbocycles. The van der Waals surface area contributed by atoms with Crippen molar-refractivity contribution in [3.8, 4) is 0 Å². The van der Waals surface area contributed by atoms with Gasteiger partial charge in [-0.2, -0.15) is 13.2 Å². The summed E-state index contributed by atoms with van der Waals surface area (Å²) in [5, 5.41) is 9.06. The maximum Gasteiger partial charge on any atom is 0.414 e. The standard InChI is InChI=1S/C15H24F4O2/c16-12-5-3-11(4-6-12)14(15(17,18)19)21-13-7-1-10(9-20)2-8-13/h10-14,20H,1-9H2. The normalized spacial score (nSPS) is 36.4. The van der Waals surface area contributed by atoms with E-state index >= 15 is 0 Å². The molecule has 0 aromatic rings. The molecule has 6 heteroatoms. The van der Waals surface area contributed by atoms with Crippen molar-refractivity contribution in [3.63, 3.8) is 0 Å². The Labute approximate surface area is 122 Å². The summed E-state index contributed by atoms with van der Waals surface area (Å²) < 4.78 is 58.2. The molecule has 1 unspecified atom stereocenters. The molecule has 21 heavy (non-hydrogen) atoms. The van der Waals surface area contributed by atoms with Crippen molar-refractivity contribution in [1.29, 1.82) is 0 Å². The zero-order valence-corrected chi connectivity index (χ0v) is 12.1. The van der Waals surface area contributed by atoms with Crippen LogP contribution < -0.4 is 0 Å². The van der Waals surface area contributed by atoms with E-state index in [1.165, 1.54) is 0 Å². The second-order valence-corrected chi connectivity index (χ2v) is 6.44. The summed E-state index contributed by atoms with van der Waals surface area (Å²) in [6, 6.07) is 0. The van der Waals surface area contributed by atoms with Gasteiger partial charge in [-0.1, -0.05) is 0 Å². The first-order valence-corrected chi connectivity index (χ1v) is 7.87. The lowest BCUT2D eigenvalue weighted by molar-refractivity contribution is -0.255. The lowest BCUT2D eigenvalue weighted by Gasteiger charge is -2.37. The summed E-state index contributed by atoms with van der Waals surface area (Å²) in [4.78, 5) is 0. The van der Waals surface area contributed by atoms with Crippen LogP contribution in [0.5, 0.6) is 0 Å². The van der Waals surface area contributed by atoms with E-state index in [0.29, 0.717) is 25.7 Å². The van der Waals surface area contributed by atoms with Gasteiger partial charge in [0.2, 0.25) is 0 Å². The summed E-state index contributed by atoms with van der Waals surface area (Å²) in [5.41, 5.74) is 0. The zero-order valence-electron chi connectivity index (χ0n) is 12.1. The van der Waals surface area contributed by atoms with Crippen molar-refractivity contribution in [1.82, 2.24) is 0 Å². The fourth-order valence-electron chi connectivity index (χ4n) is 3.49. The third kappa shape index (κ3) is 4.81. The van der Waals surface area contributed by atoms with Gasteiger partial charge in [0.25, 0.3) is 0 Å². The lowest BCUT2D eigenvalue weighted by Crippen LogP contribution is -2.43. The Hall–Kier alpha value is -0.360. The molecule has 2 saturated carbocycles. The fraction of sp³-hybridized carbons (Fsp3) is 1.00. The summed E-state index contributed by atoms with van der Waals surface area (Å²) >= 11 is 0. The van der Waals surface area contributed by atoms with Crippen LogP contribution in [0.1, 0.15) is 51.4 Å². The van der Waals surface area contributed by atoms with Gasteiger partial charge in [0, 0.05) is 6.61 Å². The van der Waals surface area contributed by atoms with Crippen molar-refractivity contribution in [2.75, 3.05) is 6.61 Å². The SMILES string of the molecule is OCC1CCC(OC(C2CCC(F)CC2)C(F)(F)F)CC1. The first kappa shape index (κ1) is 17.0. The van der Waals surface area contributed by atoms with E-state index in [1.807, 2.05) is 0 Å². The molecule has 2 nitrogen and oxygen atoms in total. The first-order valence-electron chi connectivity index (χ1n) is 7.87. The molecule has 0 heterocycles. The molecule has 0 aliphatic heterocycles. The molecular formula is C15H24F4O2. The predicted octanol–water partition coefficient (Wildman–Crippen LogP) is 4.01. The fourth-order valence-corrected chi connectivity index (χ4v) is 3.49. The molecule has 1 N–H and O–H groups in total. The van der Waals surface area contributed by atoms with Gasteiger partial charge in [-0.3, -0.25) is 0 Å². The minimum Gasteiger partial charge on any atom is -0.396 e. The number of halogens is 4. The van der Waals surface area contributed by atoms with Gasteiger partial charge in [0.15, 0.2) is 6.10 Å². The molecule has 0 amide bonds. The Morgan fingerprint density at radius 1 is 0.952 bits per heavy atom. The molecule has 0 aromatic carbocycles. The van der Waals surface area contributed by atoms with Gasteiger partial charge < -0.3 is 9.84 Å². The largest absolute Gasteiger partial charge is 0.414 e. The van der Waals surface area contributed by atoms with Crippen LogP contribution in [0, 0.1) is 11.8 Å². The third-order valence-corrected chi connectivity index (χ3v) is 4.84. The average Bonchev–Trinajstić information content (AvgIpc) is 2.45. The van der Waals surface area contributed by atoms with E-state index in [0.717, 1.165) is 0 Å². The van der Waals surface area contributed by atoms with Gasteiger partial charge in [-0.15, -0.1) is 0 Å². The number of ether oxygens (including phenoxy) is 1. The number of hydrogen-bond donors (Lipinski definition) is 1. The molecule has 0 saturated heterocycles. The molecule has 2 fully saturated rings. The van der Waals surface area contributed by atoms with Gasteiger partial charge in [-0.05, 0) is 63.2 Å². The van der Waals surface area contributed by atoms with E-state index in [9.17, 15) is 17.6 Å². The van der Waals surface area contributed by atoms with Crippen molar-refractivity contribution >= 4 is 0 Å². The van der Waals surface area contributed by atoms with Crippen LogP contribution in [0.2, 0.25) is 0 Å². The molecule has 2 aliphatic rings. The Bertz CT molecular complexity index is 305. The average molecular weight is 312 g/mol. The van der Waals surface area contributed by atoms with E-state index in [1.54, 1.807) is 0 Å². The van der Waals surface area contributed by atoms with Crippen LogP contribution in [0.4, 0.5) is 17.6 Å². The zero-order chi connectivity index (χ0) is 15.5. The highest BCUT2D eigenvalue weighted by atomic mass is 19.4. The Balaban J connectivity index is 1.91. The molecular weight excluding hydrogens is 288 g/mol. The lowest BCUT2D eigenvalue weighted by atomic mass is 9.83. The molecule has 2 rings (SSSR count). The highest BCUT2D eigenvalue weighted by Crippen LogP contribution is 2.39. The summed E-state index contributed by atoms with van der Waals surface area (Å²) in [7, 11) is 0. The number of rotatable bonds is 4. The van der Waals surface area contributed by atoms with E-state index in [2.05, 4.69) is 0 Å². The van der Waals surface area contributed by atoms with Crippen molar-refractivity contribution < 1.29 is 27.4 Å². The summed E-state index contributed by atoms with van der Waals surface area (Å²) in [5.74, 6) is -0.427. The van der Waals surface area contributed by atoms with Crippen LogP contribution in [-0.2, 0) is 4.74 Å². The number of aliphatic hydroxyl groups is 1. The monoisotopic (exact) mass is 312 g/mol. The Morgan fingerprint density at radius 3 is 2.00 bits per heavy atom. The smallest absolute Gasteiger partial charge is 0.396 e. The molecule has 0 spiro atoms. The summed E-state index contributed by atoms with van der Waals surface area (Å²) in [6.45, 7) is 0.0932. The Kier molecular flexibility index (Phi) is 5.88. The highest BCUT2D eigenvalue weighted by Gasteiger charge is 2.47. The number of alkyl halides is 4. The van der Waals surface area contributed by atoms with Gasteiger partial charge >= 0.3 is 6.18 Å². The molecule has 124 valence electrons. The minimum atomic E-state index is -4.39. The van der Waals surface area contributed by atoms with Gasteiger partial charge in [0.05, 0.1) is 6.10 Å². The van der Waals surface area contributed by atoms with E-state index < -0.39 is 24.4 Å². The van der Waals surface area contributed by atoms with Crippen molar-refractivity contribution in [3.05, 3.63) is 0 Å². The molecule has 0 radical (unpaired) electrons. The number of aliphatic hydroxyl groups excluding tert-OH is 1. The maximum atomic E-state index is 13.2. The van der Waals surface area contributed by atoms with E-state index in [-0.39, 0.29) is 44.3 Å². The second-order valence-electron chi connectivity index (χ2n) is 6.44. The first-order chi connectivity index (χ1) is 9.90. The third-order valence-electron chi connectivity index (χ3n) is 4.84. The van der Waals surface area contributed by atoms with Crippen LogP contribution in [0.15, 0.2) is 0 Å². The number of hydrogen-bond acceptors (Lipinski definition) is 2. The minimum absolute atomic E-state index is 0.0932. The maximum absolute atomic E-state index is 13.2. The second kappa shape index (κ2) is 7.27. The van der Waals surface area contributed by atoms with Crippen molar-refractivity contribution in [2.45, 2.75) is 75.9 Å². The van der Waals surface area contributed by atoms with E-state index in [4.69, 9.17) is 9.84 Å². The van der Waals surface area contributed by atoms with Gasteiger partial charge in [0.1, 0.15) is 6.17 Å². The van der Waals surface area contributed by atoms with Crippen LogP contribution in [0.25, 0.3) is 0 Å². The highest BCUT2D eigenvalue weighted by molar-refractivity contribution is 4.84. The van der Waals surface area contributed by atoms with Crippen LogP contribution in [0.3, 0.4) is 0 Å². The predicted molar refractivity (Wildman–Crippen MR) is 70.6 cm³/mol.